The van der Waals surface area contributed by atoms with Crippen LogP contribution in [-0.4, -0.2) is 56.4 Å². The van der Waals surface area contributed by atoms with Crippen LogP contribution in [0.5, 0.6) is 0 Å². The Morgan fingerprint density at radius 2 is 2.12 bits per heavy atom. The van der Waals surface area contributed by atoms with E-state index in [1.165, 1.54) is 7.11 Å². The Hall–Kier alpha value is -0.650. The summed E-state index contributed by atoms with van der Waals surface area (Å²) in [5, 5.41) is 0. The van der Waals surface area contributed by atoms with Crippen LogP contribution in [0, 0.1) is 0 Å². The SMILES string of the molecule is COC(=O)C(C)(N)CN(C)C1CCOCC1. The van der Waals surface area contributed by atoms with E-state index in [1.54, 1.807) is 6.92 Å². The van der Waals surface area contributed by atoms with Crippen molar-refractivity contribution in [3.63, 3.8) is 0 Å². The summed E-state index contributed by atoms with van der Waals surface area (Å²) in [7, 11) is 3.35. The first kappa shape index (κ1) is 13.4. The Balaban J connectivity index is 2.48. The molecule has 1 atom stereocenters. The summed E-state index contributed by atoms with van der Waals surface area (Å²) < 4.78 is 9.99. The molecule has 1 aliphatic rings. The van der Waals surface area contributed by atoms with Crippen molar-refractivity contribution in [1.82, 2.24) is 4.90 Å². The number of hydrogen-bond donors (Lipinski definition) is 1. The zero-order chi connectivity index (χ0) is 12.2. The van der Waals surface area contributed by atoms with Crippen LogP contribution in [0.4, 0.5) is 0 Å². The highest BCUT2D eigenvalue weighted by Crippen LogP contribution is 2.15. The van der Waals surface area contributed by atoms with E-state index in [1.807, 2.05) is 7.05 Å². The molecule has 1 heterocycles. The van der Waals surface area contributed by atoms with Gasteiger partial charge in [0, 0.05) is 25.8 Å². The van der Waals surface area contributed by atoms with Gasteiger partial charge in [-0.05, 0) is 26.8 Å². The van der Waals surface area contributed by atoms with Crippen LogP contribution >= 0.6 is 0 Å². The fraction of sp³-hybridized carbons (Fsp3) is 0.909. The van der Waals surface area contributed by atoms with Gasteiger partial charge in [0.15, 0.2) is 0 Å². The number of ether oxygens (including phenoxy) is 2. The van der Waals surface area contributed by atoms with Crippen molar-refractivity contribution in [3.8, 4) is 0 Å². The van der Waals surface area contributed by atoms with Crippen molar-refractivity contribution in [2.75, 3.05) is 33.9 Å². The van der Waals surface area contributed by atoms with Crippen molar-refractivity contribution < 1.29 is 14.3 Å². The third kappa shape index (κ3) is 3.43. The molecule has 5 nitrogen and oxygen atoms in total. The summed E-state index contributed by atoms with van der Waals surface area (Å²) in [5.74, 6) is -0.369. The van der Waals surface area contributed by atoms with E-state index in [0.29, 0.717) is 12.6 Å². The van der Waals surface area contributed by atoms with E-state index in [4.69, 9.17) is 10.5 Å². The molecule has 0 amide bonds. The van der Waals surface area contributed by atoms with Crippen molar-refractivity contribution >= 4 is 5.97 Å². The van der Waals surface area contributed by atoms with E-state index in [-0.39, 0.29) is 5.97 Å². The molecule has 16 heavy (non-hydrogen) atoms. The number of rotatable bonds is 4. The zero-order valence-electron chi connectivity index (χ0n) is 10.4. The summed E-state index contributed by atoms with van der Waals surface area (Å²) in [5.41, 5.74) is 4.99. The topological polar surface area (TPSA) is 64.8 Å². The van der Waals surface area contributed by atoms with Crippen LogP contribution in [0.3, 0.4) is 0 Å². The molecular formula is C11H22N2O3. The highest BCUT2D eigenvalue weighted by molar-refractivity contribution is 5.80. The lowest BCUT2D eigenvalue weighted by Gasteiger charge is -2.35. The summed E-state index contributed by atoms with van der Waals surface area (Å²) in [6.45, 7) is 3.78. The normalized spacial score (nSPS) is 21.8. The van der Waals surface area contributed by atoms with Gasteiger partial charge in [0.2, 0.25) is 0 Å². The second-order valence-corrected chi connectivity index (χ2v) is 4.67. The molecule has 1 rings (SSSR count). The average molecular weight is 230 g/mol. The first-order valence-electron chi connectivity index (χ1n) is 5.62. The van der Waals surface area contributed by atoms with Gasteiger partial charge in [-0.2, -0.15) is 0 Å². The van der Waals surface area contributed by atoms with Crippen molar-refractivity contribution in [2.24, 2.45) is 5.73 Å². The molecular weight excluding hydrogens is 208 g/mol. The maximum atomic E-state index is 11.5. The van der Waals surface area contributed by atoms with Gasteiger partial charge in [0.25, 0.3) is 0 Å². The summed E-state index contributed by atoms with van der Waals surface area (Å²) in [4.78, 5) is 13.6. The first-order valence-corrected chi connectivity index (χ1v) is 5.62. The summed E-state index contributed by atoms with van der Waals surface area (Å²) in [6.07, 6.45) is 1.99. The van der Waals surface area contributed by atoms with Gasteiger partial charge >= 0.3 is 5.97 Å². The smallest absolute Gasteiger partial charge is 0.326 e. The molecule has 5 heteroatoms. The van der Waals surface area contributed by atoms with Crippen LogP contribution in [0.25, 0.3) is 0 Å². The molecule has 1 saturated heterocycles. The van der Waals surface area contributed by atoms with Crippen molar-refractivity contribution in [1.29, 1.82) is 0 Å². The quantitative estimate of drug-likeness (QED) is 0.688. The highest BCUT2D eigenvalue weighted by atomic mass is 16.5. The maximum absolute atomic E-state index is 11.5. The first-order chi connectivity index (χ1) is 7.47. The number of methoxy groups -OCH3 is 1. The molecule has 1 fully saturated rings. The fourth-order valence-corrected chi connectivity index (χ4v) is 2.07. The predicted molar refractivity (Wildman–Crippen MR) is 61.1 cm³/mol. The minimum atomic E-state index is -0.943. The van der Waals surface area contributed by atoms with Gasteiger partial charge in [-0.25, -0.2) is 0 Å². The third-order valence-corrected chi connectivity index (χ3v) is 3.04. The largest absolute Gasteiger partial charge is 0.468 e. The summed E-state index contributed by atoms with van der Waals surface area (Å²) >= 11 is 0. The number of esters is 1. The van der Waals surface area contributed by atoms with E-state index in [2.05, 4.69) is 9.64 Å². The van der Waals surface area contributed by atoms with Crippen molar-refractivity contribution in [2.45, 2.75) is 31.3 Å². The molecule has 0 saturated carbocycles. The number of nitrogens with zero attached hydrogens (tertiary/aromatic N) is 1. The summed E-state index contributed by atoms with van der Waals surface area (Å²) in [6, 6.07) is 0.446. The van der Waals surface area contributed by atoms with E-state index < -0.39 is 5.54 Å². The zero-order valence-corrected chi connectivity index (χ0v) is 10.4. The minimum Gasteiger partial charge on any atom is -0.468 e. The highest BCUT2D eigenvalue weighted by Gasteiger charge is 2.33. The van der Waals surface area contributed by atoms with Crippen LogP contribution in [0.1, 0.15) is 19.8 Å². The third-order valence-electron chi connectivity index (χ3n) is 3.04. The van der Waals surface area contributed by atoms with Crippen molar-refractivity contribution in [3.05, 3.63) is 0 Å². The van der Waals surface area contributed by atoms with Gasteiger partial charge in [-0.15, -0.1) is 0 Å². The lowest BCUT2D eigenvalue weighted by atomic mass is 10.0. The van der Waals surface area contributed by atoms with Gasteiger partial charge < -0.3 is 20.1 Å². The number of carbonyl (C=O) groups excluding carboxylic acids is 1. The van der Waals surface area contributed by atoms with Gasteiger partial charge in [0.05, 0.1) is 7.11 Å². The molecule has 0 aromatic heterocycles. The standard InChI is InChI=1S/C11H22N2O3/c1-11(12,10(14)15-3)8-13(2)9-4-6-16-7-5-9/h9H,4-8,12H2,1-3H3. The van der Waals surface area contributed by atoms with Crippen LogP contribution in [0.15, 0.2) is 0 Å². The van der Waals surface area contributed by atoms with E-state index in [0.717, 1.165) is 26.1 Å². The molecule has 0 radical (unpaired) electrons. The van der Waals surface area contributed by atoms with Crippen LogP contribution < -0.4 is 5.73 Å². The lowest BCUT2D eigenvalue weighted by Crippen LogP contribution is -2.55. The Kier molecular flexibility index (Phi) is 4.70. The Morgan fingerprint density at radius 3 is 2.62 bits per heavy atom. The minimum absolute atomic E-state index is 0.369. The second kappa shape index (κ2) is 5.61. The van der Waals surface area contributed by atoms with E-state index >= 15 is 0 Å². The lowest BCUT2D eigenvalue weighted by molar-refractivity contribution is -0.147. The Morgan fingerprint density at radius 1 is 1.56 bits per heavy atom. The van der Waals surface area contributed by atoms with E-state index in [9.17, 15) is 4.79 Å². The number of hydrogen-bond acceptors (Lipinski definition) is 5. The number of carbonyl (C=O) groups is 1. The molecule has 0 aromatic rings. The molecule has 0 aliphatic carbocycles. The molecule has 94 valence electrons. The molecule has 0 spiro atoms. The number of likely N-dealkylation sites (N-methyl/N-ethyl adjacent to an activating group) is 1. The average Bonchev–Trinajstić information content (AvgIpc) is 2.28. The predicted octanol–water partition coefficient (Wildman–Crippen LogP) is -0.0124. The molecule has 1 aliphatic heterocycles. The van der Waals surface area contributed by atoms with Gasteiger partial charge in [-0.3, -0.25) is 4.79 Å². The molecule has 0 aromatic carbocycles. The number of nitrogens with two attached hydrogens (primary N) is 1. The Labute approximate surface area is 96.9 Å². The van der Waals surface area contributed by atoms with Gasteiger partial charge in [-0.1, -0.05) is 0 Å². The monoisotopic (exact) mass is 230 g/mol. The second-order valence-electron chi connectivity index (χ2n) is 4.67. The van der Waals surface area contributed by atoms with Gasteiger partial charge in [0.1, 0.15) is 5.54 Å². The maximum Gasteiger partial charge on any atom is 0.326 e. The van der Waals surface area contributed by atoms with Crippen LogP contribution in [0.2, 0.25) is 0 Å². The molecule has 1 unspecified atom stereocenters. The Bertz CT molecular complexity index is 237. The molecule has 2 N–H and O–H groups in total. The molecule has 0 bridgehead atoms. The van der Waals surface area contributed by atoms with Crippen LogP contribution in [-0.2, 0) is 14.3 Å². The fourth-order valence-electron chi connectivity index (χ4n) is 2.07.